The Labute approximate surface area is 152 Å². The molecule has 1 heterocycles. The number of rotatable bonds is 3. The number of nitrogens with zero attached hydrogens (tertiary/aromatic N) is 1. The molecule has 1 aliphatic heterocycles. The van der Waals surface area contributed by atoms with Crippen molar-refractivity contribution < 1.29 is 14.0 Å². The molecule has 2 N–H and O–H groups in total. The molecule has 5 heteroatoms. The molecular formula is C21H23FN2O2. The highest BCUT2D eigenvalue weighted by Gasteiger charge is 2.27. The zero-order valence-corrected chi connectivity index (χ0v) is 15.2. The molecule has 0 unspecified atom stereocenters. The van der Waals surface area contributed by atoms with E-state index in [0.717, 1.165) is 27.8 Å². The van der Waals surface area contributed by atoms with Crippen LogP contribution in [0.5, 0.6) is 0 Å². The molecule has 26 heavy (non-hydrogen) atoms. The lowest BCUT2D eigenvalue weighted by atomic mass is 9.91. The second-order valence-corrected chi connectivity index (χ2v) is 6.95. The highest BCUT2D eigenvalue weighted by atomic mass is 19.1. The fraction of sp³-hybridized carbons (Fsp3) is 0.333. The van der Waals surface area contributed by atoms with Gasteiger partial charge in [-0.1, -0.05) is 23.8 Å². The van der Waals surface area contributed by atoms with E-state index < -0.39 is 11.7 Å². The predicted molar refractivity (Wildman–Crippen MR) is 101 cm³/mol. The van der Waals surface area contributed by atoms with Gasteiger partial charge in [-0.05, 0) is 62.0 Å². The number of allylic oxidation sites excluding steroid dienone is 2. The van der Waals surface area contributed by atoms with Crippen LogP contribution in [0.1, 0.15) is 53.7 Å². The minimum Gasteiger partial charge on any atom is -0.366 e. The van der Waals surface area contributed by atoms with Crippen LogP contribution in [0.4, 0.5) is 4.39 Å². The third-order valence-electron chi connectivity index (χ3n) is 5.39. The number of carbonyl (C=O) groups is 2. The van der Waals surface area contributed by atoms with Crippen LogP contribution in [0.15, 0.2) is 29.9 Å². The van der Waals surface area contributed by atoms with E-state index in [0.29, 0.717) is 37.9 Å². The summed E-state index contributed by atoms with van der Waals surface area (Å²) < 4.78 is 14.8. The van der Waals surface area contributed by atoms with E-state index in [1.807, 2.05) is 19.9 Å². The summed E-state index contributed by atoms with van der Waals surface area (Å²) in [5, 5.41) is 0. The maximum Gasteiger partial charge on any atom is 0.249 e. The van der Waals surface area contributed by atoms with Gasteiger partial charge in [0.05, 0.1) is 0 Å². The number of hydrogen-bond acceptors (Lipinski definition) is 2. The van der Waals surface area contributed by atoms with Crippen LogP contribution in [-0.4, -0.2) is 29.8 Å². The van der Waals surface area contributed by atoms with Crippen molar-refractivity contribution >= 4 is 23.5 Å². The largest absolute Gasteiger partial charge is 0.366 e. The molecule has 2 aliphatic rings. The molecule has 4 nitrogen and oxygen atoms in total. The summed E-state index contributed by atoms with van der Waals surface area (Å²) in [7, 11) is 0. The number of hydrogen-bond donors (Lipinski definition) is 1. The van der Waals surface area contributed by atoms with Gasteiger partial charge >= 0.3 is 0 Å². The average Bonchev–Trinajstić information content (AvgIpc) is 2.92. The minimum absolute atomic E-state index is 0.0728. The molecule has 0 aromatic heterocycles. The Morgan fingerprint density at radius 1 is 1.27 bits per heavy atom. The van der Waals surface area contributed by atoms with Gasteiger partial charge in [0.2, 0.25) is 11.8 Å². The Hall–Kier alpha value is -2.69. The van der Waals surface area contributed by atoms with Crippen LogP contribution in [0.3, 0.4) is 0 Å². The van der Waals surface area contributed by atoms with E-state index in [4.69, 9.17) is 5.73 Å². The first kappa shape index (κ1) is 18.1. The van der Waals surface area contributed by atoms with Crippen molar-refractivity contribution in [2.75, 3.05) is 13.1 Å². The van der Waals surface area contributed by atoms with Gasteiger partial charge in [-0.15, -0.1) is 0 Å². The van der Waals surface area contributed by atoms with Gasteiger partial charge < -0.3 is 10.6 Å². The summed E-state index contributed by atoms with van der Waals surface area (Å²) in [5.41, 5.74) is 11.1. The Morgan fingerprint density at radius 2 is 1.92 bits per heavy atom. The van der Waals surface area contributed by atoms with Crippen molar-refractivity contribution in [1.82, 2.24) is 4.90 Å². The molecule has 3 rings (SSSR count). The molecule has 1 aromatic rings. The first-order chi connectivity index (χ1) is 12.3. The minimum atomic E-state index is -0.599. The van der Waals surface area contributed by atoms with Crippen molar-refractivity contribution in [2.45, 2.75) is 33.1 Å². The lowest BCUT2D eigenvalue weighted by Gasteiger charge is -2.27. The monoisotopic (exact) mass is 354 g/mol. The highest BCUT2D eigenvalue weighted by molar-refractivity contribution is 5.98. The second-order valence-electron chi connectivity index (χ2n) is 6.95. The van der Waals surface area contributed by atoms with Crippen molar-refractivity contribution in [2.24, 2.45) is 5.73 Å². The van der Waals surface area contributed by atoms with E-state index in [2.05, 4.69) is 6.58 Å². The molecule has 0 saturated carbocycles. The van der Waals surface area contributed by atoms with E-state index in [9.17, 15) is 14.0 Å². The Bertz CT molecular complexity index is 870. The van der Waals surface area contributed by atoms with Crippen LogP contribution < -0.4 is 5.73 Å². The lowest BCUT2D eigenvalue weighted by molar-refractivity contribution is -0.126. The summed E-state index contributed by atoms with van der Waals surface area (Å²) in [6.07, 6.45) is 5.23. The number of carbonyl (C=O) groups excluding carboxylic acids is 2. The fourth-order valence-corrected chi connectivity index (χ4v) is 3.78. The zero-order chi connectivity index (χ0) is 19.0. The van der Waals surface area contributed by atoms with Crippen molar-refractivity contribution in [3.63, 3.8) is 0 Å². The number of amides is 2. The predicted octanol–water partition coefficient (Wildman–Crippen LogP) is 3.47. The lowest BCUT2D eigenvalue weighted by Crippen LogP contribution is -2.35. The Balaban J connectivity index is 2.00. The molecule has 0 radical (unpaired) electrons. The Kier molecular flexibility index (Phi) is 4.81. The normalized spacial score (nSPS) is 16.6. The maximum absolute atomic E-state index is 14.8. The molecule has 1 aliphatic carbocycles. The van der Waals surface area contributed by atoms with Gasteiger partial charge in [0.25, 0.3) is 0 Å². The van der Waals surface area contributed by atoms with Gasteiger partial charge in [-0.2, -0.15) is 0 Å². The van der Waals surface area contributed by atoms with Crippen LogP contribution >= 0.6 is 0 Å². The standard InChI is InChI=1S/C21H23FN2O2/c1-4-19(25)24-7-5-14(6-8-24)10-17-18(22)11-16(21(23)26)15-9-12(2)13(3)20(15)17/h4,10-11H,1,5-9H2,2-3H3,(H2,23,26). The maximum atomic E-state index is 14.8. The number of halogens is 1. The van der Waals surface area contributed by atoms with Crippen LogP contribution in [0.25, 0.3) is 11.6 Å². The molecule has 1 fully saturated rings. The van der Waals surface area contributed by atoms with Crippen molar-refractivity contribution in [3.05, 3.63) is 57.9 Å². The van der Waals surface area contributed by atoms with E-state index in [1.165, 1.54) is 12.1 Å². The number of likely N-dealkylation sites (tertiary alicyclic amines) is 1. The van der Waals surface area contributed by atoms with E-state index >= 15 is 0 Å². The quantitative estimate of drug-likeness (QED) is 0.845. The molecule has 1 saturated heterocycles. The summed E-state index contributed by atoms with van der Waals surface area (Å²) in [5.74, 6) is -1.10. The average molecular weight is 354 g/mol. The van der Waals surface area contributed by atoms with Gasteiger partial charge in [-0.25, -0.2) is 4.39 Å². The van der Waals surface area contributed by atoms with Crippen LogP contribution in [0.2, 0.25) is 0 Å². The number of benzene rings is 1. The van der Waals surface area contributed by atoms with Gasteiger partial charge in [0.1, 0.15) is 5.82 Å². The van der Waals surface area contributed by atoms with Gasteiger partial charge in [-0.3, -0.25) is 9.59 Å². The molecule has 1 aromatic carbocycles. The van der Waals surface area contributed by atoms with Gasteiger partial charge in [0, 0.05) is 24.2 Å². The summed E-state index contributed by atoms with van der Waals surface area (Å²) in [6.45, 7) is 8.67. The summed E-state index contributed by atoms with van der Waals surface area (Å²) in [6, 6.07) is 1.26. The second kappa shape index (κ2) is 6.90. The number of fused-ring (bicyclic) bond motifs is 1. The zero-order valence-electron chi connectivity index (χ0n) is 15.2. The molecule has 0 atom stereocenters. The fourth-order valence-electron chi connectivity index (χ4n) is 3.78. The highest BCUT2D eigenvalue weighted by Crippen LogP contribution is 2.39. The summed E-state index contributed by atoms with van der Waals surface area (Å²) >= 11 is 0. The van der Waals surface area contributed by atoms with E-state index in [1.54, 1.807) is 4.90 Å². The Morgan fingerprint density at radius 3 is 2.50 bits per heavy atom. The van der Waals surface area contributed by atoms with E-state index in [-0.39, 0.29) is 11.5 Å². The molecular weight excluding hydrogens is 331 g/mol. The van der Waals surface area contributed by atoms with Crippen molar-refractivity contribution in [1.29, 1.82) is 0 Å². The molecule has 0 bridgehead atoms. The van der Waals surface area contributed by atoms with Gasteiger partial charge in [0.15, 0.2) is 0 Å². The number of primary amides is 1. The smallest absolute Gasteiger partial charge is 0.249 e. The SMILES string of the molecule is C=CC(=O)N1CCC(=Cc2c(F)cc(C(N)=O)c3c2C(C)=C(C)C3)CC1. The number of piperidine rings is 1. The topological polar surface area (TPSA) is 63.4 Å². The summed E-state index contributed by atoms with van der Waals surface area (Å²) in [4.78, 5) is 25.2. The third-order valence-corrected chi connectivity index (χ3v) is 5.39. The molecule has 136 valence electrons. The van der Waals surface area contributed by atoms with Crippen LogP contribution in [0, 0.1) is 5.82 Å². The molecule has 0 spiro atoms. The van der Waals surface area contributed by atoms with Crippen LogP contribution in [-0.2, 0) is 11.2 Å². The third kappa shape index (κ3) is 3.09. The number of nitrogens with two attached hydrogens (primary N) is 1. The first-order valence-electron chi connectivity index (χ1n) is 8.76. The molecule has 2 amide bonds. The first-order valence-corrected chi connectivity index (χ1v) is 8.76. The van der Waals surface area contributed by atoms with Crippen molar-refractivity contribution in [3.8, 4) is 0 Å².